The molecule has 1 unspecified atom stereocenters. The topological polar surface area (TPSA) is 65.2 Å². The molecule has 1 atom stereocenters. The number of rotatable bonds is 5. The van der Waals surface area contributed by atoms with Gasteiger partial charge < -0.3 is 10.3 Å². The van der Waals surface area contributed by atoms with Crippen LogP contribution in [0.2, 0.25) is 0 Å². The molecule has 1 amide bonds. The number of likely N-dealkylation sites (tertiary alicyclic amines) is 1. The first kappa shape index (κ1) is 17.4. The van der Waals surface area contributed by atoms with E-state index < -0.39 is 0 Å². The third-order valence-electron chi connectivity index (χ3n) is 4.69. The predicted molar refractivity (Wildman–Crippen MR) is 98.3 cm³/mol. The summed E-state index contributed by atoms with van der Waals surface area (Å²) < 4.78 is 0. The van der Waals surface area contributed by atoms with E-state index >= 15 is 0 Å². The molecule has 5 heteroatoms. The van der Waals surface area contributed by atoms with Crippen molar-refractivity contribution in [3.63, 3.8) is 0 Å². The van der Waals surface area contributed by atoms with Gasteiger partial charge in [0.2, 0.25) is 0 Å². The summed E-state index contributed by atoms with van der Waals surface area (Å²) in [5, 5.41) is 2.79. The summed E-state index contributed by atoms with van der Waals surface area (Å²) in [6, 6.07) is 11.5. The van der Waals surface area contributed by atoms with Crippen LogP contribution >= 0.6 is 0 Å². The molecule has 132 valence electrons. The summed E-state index contributed by atoms with van der Waals surface area (Å²) in [6.07, 6.45) is 4.13. The van der Waals surface area contributed by atoms with Crippen LogP contribution in [0.5, 0.6) is 0 Å². The number of aromatic amines is 1. The molecule has 0 saturated carbocycles. The van der Waals surface area contributed by atoms with Crippen LogP contribution in [0.1, 0.15) is 41.3 Å². The second-order valence-electron chi connectivity index (χ2n) is 6.89. The van der Waals surface area contributed by atoms with Gasteiger partial charge >= 0.3 is 0 Å². The molecular formula is C20H25N3O2. The maximum absolute atomic E-state index is 12.1. The maximum Gasteiger partial charge on any atom is 0.260 e. The van der Waals surface area contributed by atoms with Crippen LogP contribution in [0.4, 0.5) is 0 Å². The summed E-state index contributed by atoms with van der Waals surface area (Å²) in [4.78, 5) is 28.7. The normalized spacial score (nSPS) is 18.0. The molecule has 2 N–H and O–H groups in total. The van der Waals surface area contributed by atoms with Gasteiger partial charge in [0.05, 0.1) is 0 Å². The molecule has 25 heavy (non-hydrogen) atoms. The molecule has 0 spiro atoms. The first-order valence-electron chi connectivity index (χ1n) is 8.88. The summed E-state index contributed by atoms with van der Waals surface area (Å²) in [5.41, 5.74) is 2.09. The van der Waals surface area contributed by atoms with Crippen molar-refractivity contribution in [2.24, 2.45) is 5.92 Å². The van der Waals surface area contributed by atoms with Gasteiger partial charge in [0.1, 0.15) is 5.56 Å². The van der Waals surface area contributed by atoms with Gasteiger partial charge in [-0.2, -0.15) is 0 Å². The minimum Gasteiger partial charge on any atom is -0.348 e. The van der Waals surface area contributed by atoms with Crippen LogP contribution < -0.4 is 10.9 Å². The van der Waals surface area contributed by atoms with Crippen LogP contribution in [-0.2, 0) is 13.1 Å². The van der Waals surface area contributed by atoms with E-state index in [1.165, 1.54) is 43.8 Å². The van der Waals surface area contributed by atoms with E-state index in [1.54, 1.807) is 6.07 Å². The highest BCUT2D eigenvalue weighted by atomic mass is 16.2. The highest BCUT2D eigenvalue weighted by molar-refractivity contribution is 5.93. The van der Waals surface area contributed by atoms with Gasteiger partial charge in [-0.15, -0.1) is 0 Å². The van der Waals surface area contributed by atoms with Crippen molar-refractivity contribution >= 4 is 5.91 Å². The number of hydrogen-bond donors (Lipinski definition) is 2. The number of benzene rings is 1. The number of carbonyl (C=O) groups is 1. The Morgan fingerprint density at radius 3 is 2.72 bits per heavy atom. The lowest BCUT2D eigenvalue weighted by molar-refractivity contribution is 0.0949. The zero-order chi connectivity index (χ0) is 17.6. The van der Waals surface area contributed by atoms with E-state index in [1.807, 2.05) is 12.1 Å². The molecule has 2 aromatic rings. The Kier molecular flexibility index (Phi) is 5.66. The van der Waals surface area contributed by atoms with Crippen molar-refractivity contribution in [2.45, 2.75) is 32.9 Å². The molecule has 1 aromatic carbocycles. The second-order valence-corrected chi connectivity index (χ2v) is 6.89. The number of nitrogens with zero attached hydrogens (tertiary/aromatic N) is 1. The standard InChI is InChI=1S/C20H25N3O2/c1-15-4-3-11-23(13-15)14-17-8-6-16(7-9-17)12-22-20(25)18-5-2-10-21-19(18)24/h2,5-10,15H,3-4,11-14H2,1H3,(H,21,24)(H,22,25). The number of amides is 1. The molecule has 1 saturated heterocycles. The summed E-state index contributed by atoms with van der Waals surface area (Å²) >= 11 is 0. The van der Waals surface area contributed by atoms with E-state index in [-0.39, 0.29) is 17.0 Å². The summed E-state index contributed by atoms with van der Waals surface area (Å²) in [5.74, 6) is 0.428. The summed E-state index contributed by atoms with van der Waals surface area (Å²) in [6.45, 7) is 6.05. The Bertz CT molecular complexity index is 767. The van der Waals surface area contributed by atoms with Crippen LogP contribution in [0.3, 0.4) is 0 Å². The quantitative estimate of drug-likeness (QED) is 0.880. The maximum atomic E-state index is 12.1. The van der Waals surface area contributed by atoms with Gasteiger partial charge in [0, 0.05) is 25.8 Å². The number of pyridine rings is 1. The molecule has 5 nitrogen and oxygen atoms in total. The Morgan fingerprint density at radius 2 is 2.00 bits per heavy atom. The Labute approximate surface area is 148 Å². The minimum atomic E-state index is -0.369. The highest BCUT2D eigenvalue weighted by Crippen LogP contribution is 2.18. The number of piperidine rings is 1. The lowest BCUT2D eigenvalue weighted by atomic mass is 9.99. The van der Waals surface area contributed by atoms with E-state index in [4.69, 9.17) is 0 Å². The highest BCUT2D eigenvalue weighted by Gasteiger charge is 2.16. The zero-order valence-corrected chi connectivity index (χ0v) is 14.6. The van der Waals surface area contributed by atoms with Crippen LogP contribution in [0.25, 0.3) is 0 Å². The molecule has 0 bridgehead atoms. The molecule has 1 aliphatic heterocycles. The smallest absolute Gasteiger partial charge is 0.260 e. The number of hydrogen-bond acceptors (Lipinski definition) is 3. The van der Waals surface area contributed by atoms with Gasteiger partial charge in [-0.3, -0.25) is 14.5 Å². The molecule has 3 rings (SSSR count). The lowest BCUT2D eigenvalue weighted by Gasteiger charge is -2.30. The third-order valence-corrected chi connectivity index (χ3v) is 4.69. The van der Waals surface area contributed by atoms with Crippen LogP contribution in [0.15, 0.2) is 47.4 Å². The Balaban J connectivity index is 1.53. The number of H-pyrrole nitrogens is 1. The van der Waals surface area contributed by atoms with Gasteiger partial charge in [0.25, 0.3) is 11.5 Å². The minimum absolute atomic E-state index is 0.137. The molecule has 0 radical (unpaired) electrons. The van der Waals surface area contributed by atoms with Crippen molar-refractivity contribution < 1.29 is 4.79 Å². The van der Waals surface area contributed by atoms with Gasteiger partial charge in [-0.25, -0.2) is 0 Å². The average Bonchev–Trinajstić information content (AvgIpc) is 2.61. The Hall–Kier alpha value is -2.40. The Morgan fingerprint density at radius 1 is 1.24 bits per heavy atom. The fourth-order valence-corrected chi connectivity index (χ4v) is 3.33. The van der Waals surface area contributed by atoms with Crippen molar-refractivity contribution in [2.75, 3.05) is 13.1 Å². The lowest BCUT2D eigenvalue weighted by Crippen LogP contribution is -2.33. The van der Waals surface area contributed by atoms with Gasteiger partial charge in [-0.05, 0) is 48.6 Å². The first-order chi connectivity index (χ1) is 12.1. The fraction of sp³-hybridized carbons (Fsp3) is 0.400. The zero-order valence-electron chi connectivity index (χ0n) is 14.6. The monoisotopic (exact) mass is 339 g/mol. The average molecular weight is 339 g/mol. The van der Waals surface area contributed by atoms with Gasteiger partial charge in [0.15, 0.2) is 0 Å². The number of nitrogens with one attached hydrogen (secondary N) is 2. The van der Waals surface area contributed by atoms with E-state index in [9.17, 15) is 9.59 Å². The number of aromatic nitrogens is 1. The van der Waals surface area contributed by atoms with Crippen molar-refractivity contribution in [3.8, 4) is 0 Å². The second kappa shape index (κ2) is 8.12. The number of carbonyl (C=O) groups excluding carboxylic acids is 1. The first-order valence-corrected chi connectivity index (χ1v) is 8.88. The van der Waals surface area contributed by atoms with Crippen LogP contribution in [-0.4, -0.2) is 28.9 Å². The van der Waals surface area contributed by atoms with E-state index in [0.717, 1.165) is 18.0 Å². The van der Waals surface area contributed by atoms with Gasteiger partial charge in [-0.1, -0.05) is 31.2 Å². The molecule has 1 aliphatic rings. The molecule has 1 aromatic heterocycles. The van der Waals surface area contributed by atoms with E-state index in [0.29, 0.717) is 6.54 Å². The SMILES string of the molecule is CC1CCCN(Cc2ccc(CNC(=O)c3ccc[nH]c3=O)cc2)C1. The fourth-order valence-electron chi connectivity index (χ4n) is 3.33. The third kappa shape index (κ3) is 4.79. The van der Waals surface area contributed by atoms with Crippen molar-refractivity contribution in [1.82, 2.24) is 15.2 Å². The predicted octanol–water partition coefficient (Wildman–Crippen LogP) is 2.54. The summed E-state index contributed by atoms with van der Waals surface area (Å²) in [7, 11) is 0. The molecule has 1 fully saturated rings. The largest absolute Gasteiger partial charge is 0.348 e. The molecular weight excluding hydrogens is 314 g/mol. The van der Waals surface area contributed by atoms with Crippen molar-refractivity contribution in [1.29, 1.82) is 0 Å². The van der Waals surface area contributed by atoms with Crippen LogP contribution in [0, 0.1) is 5.92 Å². The van der Waals surface area contributed by atoms with Crippen molar-refractivity contribution in [3.05, 3.63) is 69.6 Å². The van der Waals surface area contributed by atoms with E-state index in [2.05, 4.69) is 34.3 Å². The molecule has 2 heterocycles. The molecule has 0 aliphatic carbocycles.